The number of nitrogens with zero attached hydrogens (tertiary/aromatic N) is 3. The van der Waals surface area contributed by atoms with Crippen molar-refractivity contribution < 1.29 is 17.9 Å². The molecule has 2 aromatic carbocycles. The van der Waals surface area contributed by atoms with Crippen LogP contribution in [0.2, 0.25) is 0 Å². The SMILES string of the molecule is CS(=O)(=O)c1cccc(C(=O)Nc2c[nH]nc2-c2nc3cc(CN4CCOCC4)ccc3[nH]2)c1. The minimum atomic E-state index is -3.42. The highest BCUT2D eigenvalue weighted by molar-refractivity contribution is 7.90. The van der Waals surface area contributed by atoms with Gasteiger partial charge in [-0.15, -0.1) is 0 Å². The van der Waals surface area contributed by atoms with Crippen LogP contribution in [-0.4, -0.2) is 71.9 Å². The number of imidazole rings is 1. The van der Waals surface area contributed by atoms with Crippen molar-refractivity contribution in [3.8, 4) is 11.5 Å². The van der Waals surface area contributed by atoms with Crippen LogP contribution in [0.3, 0.4) is 0 Å². The Kier molecular flexibility index (Phi) is 5.90. The van der Waals surface area contributed by atoms with Gasteiger partial charge in [-0.3, -0.25) is 14.8 Å². The van der Waals surface area contributed by atoms with E-state index in [9.17, 15) is 13.2 Å². The number of hydrogen-bond donors (Lipinski definition) is 3. The zero-order valence-electron chi connectivity index (χ0n) is 18.5. The number of carbonyl (C=O) groups is 1. The maximum atomic E-state index is 12.8. The first kappa shape index (κ1) is 22.3. The summed E-state index contributed by atoms with van der Waals surface area (Å²) >= 11 is 0. The van der Waals surface area contributed by atoms with E-state index in [0.717, 1.165) is 55.7 Å². The molecule has 34 heavy (non-hydrogen) atoms. The average molecular weight is 481 g/mol. The van der Waals surface area contributed by atoms with E-state index in [1.165, 1.54) is 18.2 Å². The second-order valence-corrected chi connectivity index (χ2v) is 10.2. The number of aromatic amines is 2. The van der Waals surface area contributed by atoms with Crippen LogP contribution in [0.25, 0.3) is 22.6 Å². The molecule has 0 radical (unpaired) electrons. The Labute approximate surface area is 196 Å². The maximum Gasteiger partial charge on any atom is 0.255 e. The van der Waals surface area contributed by atoms with Gasteiger partial charge >= 0.3 is 0 Å². The molecule has 0 atom stereocenters. The lowest BCUT2D eigenvalue weighted by Crippen LogP contribution is -2.35. The van der Waals surface area contributed by atoms with Crippen LogP contribution in [0.1, 0.15) is 15.9 Å². The van der Waals surface area contributed by atoms with Crippen LogP contribution in [0.5, 0.6) is 0 Å². The number of rotatable bonds is 6. The number of fused-ring (bicyclic) bond motifs is 1. The monoisotopic (exact) mass is 480 g/mol. The first-order valence-corrected chi connectivity index (χ1v) is 12.7. The predicted molar refractivity (Wildman–Crippen MR) is 127 cm³/mol. The Morgan fingerprint density at radius 1 is 1.18 bits per heavy atom. The Morgan fingerprint density at radius 3 is 2.79 bits per heavy atom. The van der Waals surface area contributed by atoms with E-state index in [4.69, 9.17) is 4.74 Å². The van der Waals surface area contributed by atoms with Crippen molar-refractivity contribution >= 4 is 32.5 Å². The smallest absolute Gasteiger partial charge is 0.255 e. The lowest BCUT2D eigenvalue weighted by atomic mass is 10.2. The summed E-state index contributed by atoms with van der Waals surface area (Å²) in [7, 11) is -3.42. The van der Waals surface area contributed by atoms with Gasteiger partial charge in [-0.25, -0.2) is 13.4 Å². The number of morpholine rings is 1. The molecule has 0 saturated carbocycles. The quantitative estimate of drug-likeness (QED) is 0.386. The second-order valence-electron chi connectivity index (χ2n) is 8.23. The standard InChI is InChI=1S/C23H24N6O4S/c1-34(31,32)17-4-2-3-16(12-17)23(30)27-20-13-24-28-21(20)22-25-18-6-5-15(11-19(18)26-22)14-29-7-9-33-10-8-29/h2-6,11-13H,7-10,14H2,1H3,(H,24,28)(H,25,26)(H,27,30). The van der Waals surface area contributed by atoms with Crippen LogP contribution in [0.4, 0.5) is 5.69 Å². The number of nitrogens with one attached hydrogen (secondary N) is 3. The molecule has 176 valence electrons. The van der Waals surface area contributed by atoms with E-state index in [0.29, 0.717) is 17.2 Å². The van der Waals surface area contributed by atoms with Gasteiger partial charge in [-0.05, 0) is 35.9 Å². The molecule has 1 saturated heterocycles. The van der Waals surface area contributed by atoms with Crippen molar-refractivity contribution in [1.82, 2.24) is 25.1 Å². The molecular weight excluding hydrogens is 456 g/mol. The van der Waals surface area contributed by atoms with Crippen molar-refractivity contribution in [3.63, 3.8) is 0 Å². The largest absolute Gasteiger partial charge is 0.379 e. The normalized spacial score (nSPS) is 15.0. The van der Waals surface area contributed by atoms with Gasteiger partial charge < -0.3 is 15.0 Å². The van der Waals surface area contributed by atoms with Crippen molar-refractivity contribution in [2.45, 2.75) is 11.4 Å². The summed E-state index contributed by atoms with van der Waals surface area (Å²) in [6, 6.07) is 12.0. The van der Waals surface area contributed by atoms with Crippen LogP contribution >= 0.6 is 0 Å². The van der Waals surface area contributed by atoms with E-state index in [1.54, 1.807) is 12.3 Å². The Balaban J connectivity index is 1.37. The molecule has 1 aliphatic rings. The summed E-state index contributed by atoms with van der Waals surface area (Å²) in [6.45, 7) is 4.15. The van der Waals surface area contributed by atoms with E-state index in [-0.39, 0.29) is 10.5 Å². The van der Waals surface area contributed by atoms with Crippen molar-refractivity contribution in [2.75, 3.05) is 37.9 Å². The third kappa shape index (κ3) is 4.72. The summed E-state index contributed by atoms with van der Waals surface area (Å²) in [5, 5.41) is 9.80. The molecule has 0 bridgehead atoms. The molecule has 11 heteroatoms. The molecule has 4 aromatic rings. The van der Waals surface area contributed by atoms with E-state index in [1.807, 2.05) is 12.1 Å². The minimum Gasteiger partial charge on any atom is -0.379 e. The minimum absolute atomic E-state index is 0.0812. The van der Waals surface area contributed by atoms with E-state index < -0.39 is 15.7 Å². The maximum absolute atomic E-state index is 12.8. The third-order valence-electron chi connectivity index (χ3n) is 5.69. The molecule has 3 N–H and O–H groups in total. The van der Waals surface area contributed by atoms with Crippen LogP contribution < -0.4 is 5.32 Å². The number of H-pyrrole nitrogens is 2. The number of amides is 1. The number of aromatic nitrogens is 4. The molecule has 10 nitrogen and oxygen atoms in total. The number of hydrogen-bond acceptors (Lipinski definition) is 7. The Hall–Kier alpha value is -3.54. The first-order chi connectivity index (χ1) is 16.4. The summed E-state index contributed by atoms with van der Waals surface area (Å²) in [6.07, 6.45) is 2.66. The van der Waals surface area contributed by atoms with Gasteiger partial charge in [-0.1, -0.05) is 12.1 Å². The molecule has 5 rings (SSSR count). The highest BCUT2D eigenvalue weighted by atomic mass is 32.2. The molecule has 2 aromatic heterocycles. The first-order valence-electron chi connectivity index (χ1n) is 10.8. The lowest BCUT2D eigenvalue weighted by molar-refractivity contribution is 0.0342. The Bertz CT molecular complexity index is 1450. The summed E-state index contributed by atoms with van der Waals surface area (Å²) in [5.41, 5.74) is 3.95. The number of carbonyl (C=O) groups excluding carboxylic acids is 1. The summed E-state index contributed by atoms with van der Waals surface area (Å²) in [5.74, 6) is 0.0667. The van der Waals surface area contributed by atoms with Crippen molar-refractivity contribution in [2.24, 2.45) is 0 Å². The molecule has 0 unspecified atom stereocenters. The van der Waals surface area contributed by atoms with Gasteiger partial charge in [0.2, 0.25) is 0 Å². The zero-order valence-corrected chi connectivity index (χ0v) is 19.4. The Morgan fingerprint density at radius 2 is 2.00 bits per heavy atom. The van der Waals surface area contributed by atoms with Crippen molar-refractivity contribution in [1.29, 1.82) is 0 Å². The van der Waals surface area contributed by atoms with Crippen molar-refractivity contribution in [3.05, 3.63) is 59.8 Å². The fourth-order valence-electron chi connectivity index (χ4n) is 3.91. The van der Waals surface area contributed by atoms with E-state index in [2.05, 4.69) is 36.4 Å². The molecule has 1 fully saturated rings. The van der Waals surface area contributed by atoms with Gasteiger partial charge in [0.1, 0.15) is 0 Å². The zero-order chi connectivity index (χ0) is 23.7. The van der Waals surface area contributed by atoms with Crippen LogP contribution in [0.15, 0.2) is 53.6 Å². The number of benzene rings is 2. The fourth-order valence-corrected chi connectivity index (χ4v) is 4.57. The number of ether oxygens (including phenoxy) is 1. The van der Waals surface area contributed by atoms with Gasteiger partial charge in [0.25, 0.3) is 5.91 Å². The summed E-state index contributed by atoms with van der Waals surface area (Å²) < 4.78 is 29.0. The summed E-state index contributed by atoms with van der Waals surface area (Å²) in [4.78, 5) is 23.2. The highest BCUT2D eigenvalue weighted by Gasteiger charge is 2.18. The number of sulfone groups is 1. The molecule has 0 aliphatic carbocycles. The van der Waals surface area contributed by atoms with E-state index >= 15 is 0 Å². The number of anilines is 1. The molecular formula is C23H24N6O4S. The fraction of sp³-hybridized carbons (Fsp3) is 0.261. The third-order valence-corrected chi connectivity index (χ3v) is 6.80. The highest BCUT2D eigenvalue weighted by Crippen LogP contribution is 2.26. The molecule has 1 amide bonds. The molecule has 0 spiro atoms. The van der Waals surface area contributed by atoms with Gasteiger partial charge in [0.05, 0.1) is 34.8 Å². The topological polar surface area (TPSA) is 133 Å². The second kappa shape index (κ2) is 9.01. The average Bonchev–Trinajstić information content (AvgIpc) is 3.45. The van der Waals surface area contributed by atoms with Gasteiger partial charge in [-0.2, -0.15) is 5.10 Å². The molecule has 1 aliphatic heterocycles. The lowest BCUT2D eigenvalue weighted by Gasteiger charge is -2.26. The van der Waals surface area contributed by atoms with Crippen LogP contribution in [-0.2, 0) is 21.1 Å². The molecule has 3 heterocycles. The van der Waals surface area contributed by atoms with Gasteiger partial charge in [0.15, 0.2) is 21.4 Å². The predicted octanol–water partition coefficient (Wildman–Crippen LogP) is 2.44. The van der Waals surface area contributed by atoms with Crippen LogP contribution in [0, 0.1) is 0 Å². The van der Waals surface area contributed by atoms with Gasteiger partial charge in [0, 0.05) is 37.7 Å².